The smallest absolute Gasteiger partial charge is 0.0166 e. The molecule has 0 aromatic rings. The van der Waals surface area contributed by atoms with Crippen LogP contribution in [0.15, 0.2) is 0 Å². The van der Waals surface area contributed by atoms with Gasteiger partial charge in [0, 0.05) is 12.6 Å². The molecule has 0 aromatic carbocycles. The van der Waals surface area contributed by atoms with Crippen LogP contribution in [0.1, 0.15) is 39.5 Å². The van der Waals surface area contributed by atoms with Crippen molar-refractivity contribution in [3.8, 4) is 0 Å². The maximum atomic E-state index is 3.66. The first-order valence-corrected chi connectivity index (χ1v) is 6.46. The van der Waals surface area contributed by atoms with Crippen molar-refractivity contribution in [2.24, 2.45) is 11.8 Å². The summed E-state index contributed by atoms with van der Waals surface area (Å²) >= 11 is 0. The second kappa shape index (κ2) is 6.49. The second-order valence-electron chi connectivity index (χ2n) is 5.71. The van der Waals surface area contributed by atoms with Crippen LogP contribution in [0.25, 0.3) is 0 Å². The first-order chi connectivity index (χ1) is 7.08. The van der Waals surface area contributed by atoms with Crippen LogP contribution in [0.4, 0.5) is 0 Å². The molecule has 3 atom stereocenters. The quantitative estimate of drug-likeness (QED) is 0.752. The Hall–Kier alpha value is -0.0800. The predicted octanol–water partition coefficient (Wildman–Crippen LogP) is 2.35. The topological polar surface area (TPSA) is 15.3 Å². The highest BCUT2D eigenvalue weighted by Gasteiger charge is 2.18. The van der Waals surface area contributed by atoms with E-state index >= 15 is 0 Å². The second-order valence-corrected chi connectivity index (χ2v) is 5.71. The maximum absolute atomic E-state index is 3.66. The molecule has 0 spiro atoms. The Kier molecular flexibility index (Phi) is 5.62. The van der Waals surface area contributed by atoms with Gasteiger partial charge in [0.15, 0.2) is 0 Å². The molecular weight excluding hydrogens is 184 g/mol. The molecule has 1 aliphatic carbocycles. The van der Waals surface area contributed by atoms with E-state index in [1.165, 1.54) is 32.2 Å². The highest BCUT2D eigenvalue weighted by Crippen LogP contribution is 2.27. The molecule has 0 amide bonds. The fourth-order valence-corrected chi connectivity index (χ4v) is 2.73. The van der Waals surface area contributed by atoms with Crippen LogP contribution in [-0.4, -0.2) is 38.1 Å². The van der Waals surface area contributed by atoms with E-state index in [-0.39, 0.29) is 0 Å². The summed E-state index contributed by atoms with van der Waals surface area (Å²) in [7, 11) is 4.28. The van der Waals surface area contributed by atoms with Crippen LogP contribution >= 0.6 is 0 Å². The minimum atomic E-state index is 0.622. The van der Waals surface area contributed by atoms with Crippen molar-refractivity contribution < 1.29 is 0 Å². The minimum Gasteiger partial charge on any atom is -0.313 e. The molecule has 1 N–H and O–H groups in total. The van der Waals surface area contributed by atoms with E-state index in [4.69, 9.17) is 0 Å². The summed E-state index contributed by atoms with van der Waals surface area (Å²) in [6.07, 6.45) is 5.76. The zero-order chi connectivity index (χ0) is 11.3. The zero-order valence-electron chi connectivity index (χ0n) is 10.9. The summed E-state index contributed by atoms with van der Waals surface area (Å²) in [5.74, 6) is 1.88. The van der Waals surface area contributed by atoms with Crippen LogP contribution in [0.5, 0.6) is 0 Å². The summed E-state index contributed by atoms with van der Waals surface area (Å²) in [6, 6.07) is 0.622. The van der Waals surface area contributed by atoms with Gasteiger partial charge < -0.3 is 10.2 Å². The molecule has 1 rings (SSSR count). The third kappa shape index (κ3) is 5.53. The van der Waals surface area contributed by atoms with Gasteiger partial charge in [-0.1, -0.05) is 19.8 Å². The summed E-state index contributed by atoms with van der Waals surface area (Å²) < 4.78 is 0. The number of likely N-dealkylation sites (N-methyl/N-ethyl adjacent to an activating group) is 1. The average Bonchev–Trinajstić information content (AvgIpc) is 2.14. The fourth-order valence-electron chi connectivity index (χ4n) is 2.73. The highest BCUT2D eigenvalue weighted by atomic mass is 15.1. The molecule has 2 heteroatoms. The highest BCUT2D eigenvalue weighted by molar-refractivity contribution is 4.74. The average molecular weight is 212 g/mol. The Labute approximate surface area is 95.4 Å². The molecule has 0 aromatic heterocycles. The van der Waals surface area contributed by atoms with E-state index < -0.39 is 0 Å². The lowest BCUT2D eigenvalue weighted by Gasteiger charge is -2.28. The van der Waals surface area contributed by atoms with Crippen molar-refractivity contribution in [3.63, 3.8) is 0 Å². The number of hydrogen-bond acceptors (Lipinski definition) is 2. The first kappa shape index (κ1) is 13.0. The standard InChI is InChI=1S/C13H28N2/c1-11-6-5-7-13(8-11)9-14-12(2)10-15(3)4/h11-14H,5-10H2,1-4H3. The number of rotatable bonds is 5. The van der Waals surface area contributed by atoms with Crippen LogP contribution < -0.4 is 5.32 Å². The van der Waals surface area contributed by atoms with Crippen LogP contribution in [0, 0.1) is 11.8 Å². The molecule has 2 nitrogen and oxygen atoms in total. The lowest BCUT2D eigenvalue weighted by molar-refractivity contribution is 0.258. The van der Waals surface area contributed by atoms with E-state index in [9.17, 15) is 0 Å². The van der Waals surface area contributed by atoms with Crippen molar-refractivity contribution in [3.05, 3.63) is 0 Å². The van der Waals surface area contributed by atoms with Crippen LogP contribution in [0.3, 0.4) is 0 Å². The molecule has 0 saturated heterocycles. The van der Waals surface area contributed by atoms with E-state index in [1.54, 1.807) is 0 Å². The van der Waals surface area contributed by atoms with E-state index in [1.807, 2.05) is 0 Å². The van der Waals surface area contributed by atoms with Crippen molar-refractivity contribution >= 4 is 0 Å². The lowest BCUT2D eigenvalue weighted by Crippen LogP contribution is -2.39. The summed E-state index contributed by atoms with van der Waals surface area (Å²) in [5.41, 5.74) is 0. The molecule has 3 unspecified atom stereocenters. The molecule has 90 valence electrons. The van der Waals surface area contributed by atoms with Crippen molar-refractivity contribution in [1.29, 1.82) is 0 Å². The van der Waals surface area contributed by atoms with E-state index in [0.29, 0.717) is 6.04 Å². The summed E-state index contributed by atoms with van der Waals surface area (Å²) in [4.78, 5) is 2.25. The fraction of sp³-hybridized carbons (Fsp3) is 1.00. The summed E-state index contributed by atoms with van der Waals surface area (Å²) in [6.45, 7) is 7.04. The zero-order valence-corrected chi connectivity index (χ0v) is 10.9. The normalized spacial score (nSPS) is 29.4. The first-order valence-electron chi connectivity index (χ1n) is 6.46. The van der Waals surface area contributed by atoms with Gasteiger partial charge in [0.2, 0.25) is 0 Å². The molecule has 1 saturated carbocycles. The van der Waals surface area contributed by atoms with Crippen molar-refractivity contribution in [2.45, 2.75) is 45.6 Å². The SMILES string of the molecule is CC1CCCC(CNC(C)CN(C)C)C1. The third-order valence-electron chi connectivity index (χ3n) is 3.44. The van der Waals surface area contributed by atoms with Crippen LogP contribution in [-0.2, 0) is 0 Å². The third-order valence-corrected chi connectivity index (χ3v) is 3.44. The van der Waals surface area contributed by atoms with Crippen molar-refractivity contribution in [1.82, 2.24) is 10.2 Å². The predicted molar refractivity (Wildman–Crippen MR) is 67.1 cm³/mol. The van der Waals surface area contributed by atoms with Gasteiger partial charge >= 0.3 is 0 Å². The van der Waals surface area contributed by atoms with E-state index in [0.717, 1.165) is 18.4 Å². The molecule has 0 heterocycles. The van der Waals surface area contributed by atoms with Gasteiger partial charge in [-0.05, 0) is 52.2 Å². The molecule has 0 radical (unpaired) electrons. The largest absolute Gasteiger partial charge is 0.313 e. The Balaban J connectivity index is 2.13. The van der Waals surface area contributed by atoms with Crippen LogP contribution in [0.2, 0.25) is 0 Å². The number of nitrogens with zero attached hydrogens (tertiary/aromatic N) is 1. The Morgan fingerprint density at radius 3 is 2.67 bits per heavy atom. The number of nitrogens with one attached hydrogen (secondary N) is 1. The Morgan fingerprint density at radius 2 is 2.07 bits per heavy atom. The minimum absolute atomic E-state index is 0.622. The lowest BCUT2D eigenvalue weighted by atomic mass is 9.82. The van der Waals surface area contributed by atoms with Gasteiger partial charge in [-0.3, -0.25) is 0 Å². The Morgan fingerprint density at radius 1 is 1.33 bits per heavy atom. The maximum Gasteiger partial charge on any atom is 0.0166 e. The van der Waals surface area contributed by atoms with Crippen molar-refractivity contribution in [2.75, 3.05) is 27.2 Å². The molecule has 15 heavy (non-hydrogen) atoms. The van der Waals surface area contributed by atoms with Gasteiger partial charge in [0.05, 0.1) is 0 Å². The molecular formula is C13H28N2. The van der Waals surface area contributed by atoms with Gasteiger partial charge in [0.1, 0.15) is 0 Å². The van der Waals surface area contributed by atoms with Gasteiger partial charge in [0.25, 0.3) is 0 Å². The molecule has 0 bridgehead atoms. The van der Waals surface area contributed by atoms with Gasteiger partial charge in [-0.2, -0.15) is 0 Å². The number of hydrogen-bond donors (Lipinski definition) is 1. The van der Waals surface area contributed by atoms with Gasteiger partial charge in [-0.15, -0.1) is 0 Å². The monoisotopic (exact) mass is 212 g/mol. The molecule has 0 aliphatic heterocycles. The summed E-state index contributed by atoms with van der Waals surface area (Å²) in [5, 5.41) is 3.66. The molecule has 1 fully saturated rings. The Bertz CT molecular complexity index is 168. The van der Waals surface area contributed by atoms with E-state index in [2.05, 4.69) is 38.2 Å². The molecule has 1 aliphatic rings. The van der Waals surface area contributed by atoms with Gasteiger partial charge in [-0.25, -0.2) is 0 Å².